The Morgan fingerprint density at radius 1 is 1.14 bits per heavy atom. The second-order valence-corrected chi connectivity index (χ2v) is 4.60. The van der Waals surface area contributed by atoms with Crippen molar-refractivity contribution in [3.05, 3.63) is 71.6 Å². The fourth-order valence-electron chi connectivity index (χ4n) is 2.41. The van der Waals surface area contributed by atoms with Crippen LogP contribution in [0.1, 0.15) is 26.3 Å². The zero-order valence-corrected chi connectivity index (χ0v) is 10.8. The maximum atomic E-state index is 13.3. The molecule has 1 aliphatic heterocycles. The maximum absolute atomic E-state index is 13.3. The van der Waals surface area contributed by atoms with Gasteiger partial charge in [0.1, 0.15) is 5.82 Å². The van der Waals surface area contributed by atoms with Crippen molar-refractivity contribution < 1.29 is 19.1 Å². The summed E-state index contributed by atoms with van der Waals surface area (Å²) in [6.07, 6.45) is 0. The fraction of sp³-hybridized carbons (Fsp3) is 0. The summed E-state index contributed by atoms with van der Waals surface area (Å²) in [4.78, 5) is 24.9. The average Bonchev–Trinajstić information content (AvgIpc) is 2.72. The molecule has 1 heterocycles. The van der Waals surface area contributed by atoms with Gasteiger partial charge in [-0.1, -0.05) is 24.8 Å². The van der Waals surface area contributed by atoms with Crippen LogP contribution in [0.4, 0.5) is 10.1 Å². The van der Waals surface area contributed by atoms with E-state index in [-0.39, 0.29) is 17.2 Å². The molecule has 5 heteroatoms. The first-order chi connectivity index (χ1) is 10.0. The summed E-state index contributed by atoms with van der Waals surface area (Å²) >= 11 is 0. The summed E-state index contributed by atoms with van der Waals surface area (Å²) < 4.78 is 13.3. The third-order valence-corrected chi connectivity index (χ3v) is 3.37. The van der Waals surface area contributed by atoms with Crippen LogP contribution >= 0.6 is 0 Å². The summed E-state index contributed by atoms with van der Waals surface area (Å²) in [7, 11) is 0. The van der Waals surface area contributed by atoms with Crippen LogP contribution in [0.2, 0.25) is 0 Å². The van der Waals surface area contributed by atoms with E-state index in [0.717, 1.165) is 12.1 Å². The largest absolute Gasteiger partial charge is 0.478 e. The molecule has 0 saturated carbocycles. The Morgan fingerprint density at radius 3 is 2.43 bits per heavy atom. The van der Waals surface area contributed by atoms with Crippen molar-refractivity contribution in [1.82, 2.24) is 0 Å². The van der Waals surface area contributed by atoms with Gasteiger partial charge in [-0.15, -0.1) is 0 Å². The first-order valence-electron chi connectivity index (χ1n) is 6.16. The van der Waals surface area contributed by atoms with E-state index in [9.17, 15) is 19.1 Å². The zero-order chi connectivity index (χ0) is 15.1. The predicted molar refractivity (Wildman–Crippen MR) is 75.6 cm³/mol. The number of fused-ring (bicyclic) bond motifs is 1. The fourth-order valence-corrected chi connectivity index (χ4v) is 2.41. The highest BCUT2D eigenvalue weighted by molar-refractivity contribution is 6.23. The number of halogens is 1. The quantitative estimate of drug-likeness (QED) is 0.921. The van der Waals surface area contributed by atoms with Crippen molar-refractivity contribution in [3.8, 4) is 0 Å². The van der Waals surface area contributed by atoms with Crippen molar-refractivity contribution in [3.63, 3.8) is 0 Å². The number of carbonyl (C=O) groups is 2. The van der Waals surface area contributed by atoms with Gasteiger partial charge in [-0.05, 0) is 24.3 Å². The smallest absolute Gasteiger partial charge is 0.337 e. The summed E-state index contributed by atoms with van der Waals surface area (Å²) in [5.41, 5.74) is 1.29. The van der Waals surface area contributed by atoms with E-state index < -0.39 is 11.8 Å². The van der Waals surface area contributed by atoms with E-state index in [1.807, 2.05) is 0 Å². The molecule has 0 unspecified atom stereocenters. The van der Waals surface area contributed by atoms with Crippen LogP contribution in [0.15, 0.2) is 49.0 Å². The second-order valence-electron chi connectivity index (χ2n) is 4.60. The molecule has 104 valence electrons. The van der Waals surface area contributed by atoms with Gasteiger partial charge in [0.15, 0.2) is 0 Å². The number of anilines is 1. The molecule has 1 N–H and O–H groups in total. The molecule has 0 bridgehead atoms. The monoisotopic (exact) mass is 283 g/mol. The number of carbonyl (C=O) groups excluding carboxylic acids is 1. The van der Waals surface area contributed by atoms with Crippen LogP contribution in [0.25, 0.3) is 5.70 Å². The van der Waals surface area contributed by atoms with E-state index in [0.29, 0.717) is 16.8 Å². The lowest BCUT2D eigenvalue weighted by atomic mass is 10.1. The molecule has 0 saturated heterocycles. The van der Waals surface area contributed by atoms with E-state index in [1.165, 1.54) is 11.0 Å². The molecule has 1 amide bonds. The number of hydrogen-bond acceptors (Lipinski definition) is 2. The van der Waals surface area contributed by atoms with Gasteiger partial charge in [0, 0.05) is 11.1 Å². The molecule has 3 rings (SSSR count). The SMILES string of the molecule is C=C1c2ccccc2C(=O)N1c1ccc(F)cc1C(=O)O. The highest BCUT2D eigenvalue weighted by Gasteiger charge is 2.34. The Labute approximate surface area is 119 Å². The van der Waals surface area contributed by atoms with Gasteiger partial charge in [0.25, 0.3) is 5.91 Å². The summed E-state index contributed by atoms with van der Waals surface area (Å²) in [5.74, 6) is -2.35. The standard InChI is InChI=1S/C16H10FNO3/c1-9-11-4-2-3-5-12(11)15(19)18(9)14-7-6-10(17)8-13(14)16(20)21/h2-8H,1H2,(H,20,21). The molecular weight excluding hydrogens is 273 g/mol. The summed E-state index contributed by atoms with van der Waals surface area (Å²) in [5, 5.41) is 9.21. The molecule has 2 aromatic rings. The lowest BCUT2D eigenvalue weighted by Gasteiger charge is -2.19. The number of carboxylic acids is 1. The Morgan fingerprint density at radius 2 is 1.81 bits per heavy atom. The van der Waals surface area contributed by atoms with Crippen molar-refractivity contribution in [2.24, 2.45) is 0 Å². The van der Waals surface area contributed by atoms with Gasteiger partial charge in [0.05, 0.1) is 16.9 Å². The third kappa shape index (κ3) is 1.90. The number of hydrogen-bond donors (Lipinski definition) is 1. The Kier molecular flexibility index (Phi) is 2.83. The van der Waals surface area contributed by atoms with Gasteiger partial charge in [-0.2, -0.15) is 0 Å². The van der Waals surface area contributed by atoms with E-state index in [2.05, 4.69) is 6.58 Å². The molecular formula is C16H10FNO3. The van der Waals surface area contributed by atoms with E-state index in [4.69, 9.17) is 0 Å². The van der Waals surface area contributed by atoms with Crippen LogP contribution in [0, 0.1) is 5.82 Å². The van der Waals surface area contributed by atoms with Crippen molar-refractivity contribution in [2.75, 3.05) is 4.90 Å². The number of benzene rings is 2. The van der Waals surface area contributed by atoms with Gasteiger partial charge >= 0.3 is 5.97 Å². The van der Waals surface area contributed by atoms with Crippen LogP contribution in [-0.4, -0.2) is 17.0 Å². The highest BCUT2D eigenvalue weighted by Crippen LogP contribution is 2.37. The average molecular weight is 283 g/mol. The minimum atomic E-state index is -1.30. The second kappa shape index (κ2) is 4.56. The number of amides is 1. The minimum absolute atomic E-state index is 0.107. The van der Waals surface area contributed by atoms with Crippen LogP contribution in [-0.2, 0) is 0 Å². The molecule has 21 heavy (non-hydrogen) atoms. The number of rotatable bonds is 2. The number of aromatic carboxylic acids is 1. The Hall–Kier alpha value is -2.95. The lowest BCUT2D eigenvalue weighted by Crippen LogP contribution is -2.24. The first-order valence-corrected chi connectivity index (χ1v) is 6.16. The van der Waals surface area contributed by atoms with Gasteiger partial charge in [-0.25, -0.2) is 9.18 Å². The van der Waals surface area contributed by atoms with Crippen LogP contribution in [0.3, 0.4) is 0 Å². The van der Waals surface area contributed by atoms with Crippen molar-refractivity contribution in [1.29, 1.82) is 0 Å². The van der Waals surface area contributed by atoms with Gasteiger partial charge < -0.3 is 5.11 Å². The third-order valence-electron chi connectivity index (χ3n) is 3.37. The number of nitrogens with zero attached hydrogens (tertiary/aromatic N) is 1. The summed E-state index contributed by atoms with van der Waals surface area (Å²) in [6, 6.07) is 10.1. The van der Waals surface area contributed by atoms with Crippen molar-refractivity contribution in [2.45, 2.75) is 0 Å². The maximum Gasteiger partial charge on any atom is 0.337 e. The first kappa shape index (κ1) is 13.1. The van der Waals surface area contributed by atoms with Gasteiger partial charge in [0.2, 0.25) is 0 Å². The molecule has 0 spiro atoms. The van der Waals surface area contributed by atoms with E-state index in [1.54, 1.807) is 24.3 Å². The van der Waals surface area contributed by atoms with Gasteiger partial charge in [-0.3, -0.25) is 9.69 Å². The van der Waals surface area contributed by atoms with Crippen molar-refractivity contribution >= 4 is 23.3 Å². The van der Waals surface area contributed by atoms with Crippen LogP contribution in [0.5, 0.6) is 0 Å². The number of carboxylic acid groups (broad SMARTS) is 1. The Bertz CT molecular complexity index is 763. The normalized spacial score (nSPS) is 13.5. The minimum Gasteiger partial charge on any atom is -0.478 e. The molecule has 0 radical (unpaired) electrons. The molecule has 4 nitrogen and oxygen atoms in total. The molecule has 0 aromatic heterocycles. The molecule has 0 atom stereocenters. The lowest BCUT2D eigenvalue weighted by molar-refractivity contribution is 0.0697. The Balaban J connectivity index is 2.18. The molecule has 1 aliphatic rings. The highest BCUT2D eigenvalue weighted by atomic mass is 19.1. The molecule has 2 aromatic carbocycles. The summed E-state index contributed by atoms with van der Waals surface area (Å²) in [6.45, 7) is 3.85. The van der Waals surface area contributed by atoms with E-state index >= 15 is 0 Å². The molecule has 0 aliphatic carbocycles. The predicted octanol–water partition coefficient (Wildman–Crippen LogP) is 3.16. The topological polar surface area (TPSA) is 57.6 Å². The molecule has 0 fully saturated rings. The van der Waals surface area contributed by atoms with Crippen LogP contribution < -0.4 is 4.90 Å². The zero-order valence-electron chi connectivity index (χ0n) is 10.8.